The number of rotatable bonds is 0. The molecule has 185 valence electrons. The second-order valence-corrected chi connectivity index (χ2v) is 0. The molecule has 0 rings (SSSR count). The van der Waals surface area contributed by atoms with Gasteiger partial charge in [-0.15, -0.1) is 0 Å². The van der Waals surface area contributed by atoms with Crippen molar-refractivity contribution in [2.75, 3.05) is 0 Å². The van der Waals surface area contributed by atoms with Crippen molar-refractivity contribution in [2.45, 2.75) is 0 Å². The van der Waals surface area contributed by atoms with Crippen LogP contribution in [0.1, 0.15) is 0 Å². The van der Waals surface area contributed by atoms with Gasteiger partial charge in [-0.25, -0.2) is 0 Å². The molecule has 0 unspecified atom stereocenters. The summed E-state index contributed by atoms with van der Waals surface area (Å²) in [6, 6.07) is 0. The van der Waals surface area contributed by atoms with Gasteiger partial charge >= 0.3 is 0 Å². The average Bonchev–Trinajstić information content (AvgIpc) is 0. The van der Waals surface area contributed by atoms with Gasteiger partial charge in [-0.3, -0.25) is 0 Å². The Morgan fingerprint density at radius 2 is 0.120 bits per heavy atom. The second-order valence-electron chi connectivity index (χ2n) is 0. The molecule has 25 heteroatoms. The predicted octanol–water partition coefficient (Wildman–Crippen LogP) is -13.6. The number of hydrogen-bond acceptors (Lipinski definition) is 0. The van der Waals surface area contributed by atoms with Crippen molar-refractivity contribution in [1.29, 1.82) is 0 Å². The van der Waals surface area contributed by atoms with Crippen LogP contribution in [0.5, 0.6) is 0 Å². The van der Waals surface area contributed by atoms with Crippen LogP contribution in [0.15, 0.2) is 0 Å². The Bertz CT molecular complexity index is 28.1. The standard InChI is InChI=1S/K.8Mn.16H2O/h;;;;;;;;;16*1H2. The molecule has 0 spiro atoms. The van der Waals surface area contributed by atoms with Gasteiger partial charge in [0.2, 0.25) is 0 Å². The Morgan fingerprint density at radius 1 is 0.120 bits per heavy atom. The van der Waals surface area contributed by atoms with Crippen LogP contribution in [0.2, 0.25) is 0 Å². The third kappa shape index (κ3) is 810. The van der Waals surface area contributed by atoms with Crippen LogP contribution in [0.4, 0.5) is 0 Å². The second kappa shape index (κ2) is 870. The molecule has 9 radical (unpaired) electrons. The van der Waals surface area contributed by atoms with Crippen molar-refractivity contribution in [3.05, 3.63) is 0 Å². The van der Waals surface area contributed by atoms with E-state index in [1.807, 2.05) is 0 Å². The van der Waals surface area contributed by atoms with Crippen LogP contribution < -0.4 is 0 Å². The normalized spacial score (nSPS) is 0. The summed E-state index contributed by atoms with van der Waals surface area (Å²) >= 11 is 0. The smallest absolute Gasteiger partial charge is 0 e. The molecular formula is H32KMn8O16. The fraction of sp³-hybridized carbons (Fsp3) is 0. The minimum absolute atomic E-state index is 0. The molecule has 0 aromatic heterocycles. The maximum Gasteiger partial charge on any atom is 0 e. The molecule has 0 aliphatic heterocycles. The summed E-state index contributed by atoms with van der Waals surface area (Å²) in [6.45, 7) is 0. The molecule has 0 bridgehead atoms. The average molecular weight is 767 g/mol. The summed E-state index contributed by atoms with van der Waals surface area (Å²) in [7, 11) is 0. The van der Waals surface area contributed by atoms with Gasteiger partial charge in [0.1, 0.15) is 0 Å². The van der Waals surface area contributed by atoms with Crippen molar-refractivity contribution >= 4 is 51.4 Å². The van der Waals surface area contributed by atoms with Crippen LogP contribution >= 0.6 is 0 Å². The fourth-order valence-corrected chi connectivity index (χ4v) is 0. The monoisotopic (exact) mass is 767 g/mol. The maximum atomic E-state index is 0. The molecule has 0 atom stereocenters. The van der Waals surface area contributed by atoms with Gasteiger partial charge in [-0.05, 0) is 0 Å². The van der Waals surface area contributed by atoms with E-state index in [4.69, 9.17) is 0 Å². The van der Waals surface area contributed by atoms with Crippen LogP contribution in [-0.2, 0) is 137 Å². The summed E-state index contributed by atoms with van der Waals surface area (Å²) in [6.07, 6.45) is 0. The first-order valence-corrected chi connectivity index (χ1v) is 0. The van der Waals surface area contributed by atoms with Gasteiger partial charge in [0.25, 0.3) is 0 Å². The van der Waals surface area contributed by atoms with E-state index >= 15 is 0 Å². The number of hydrogen-bond donors (Lipinski definition) is 0. The quantitative estimate of drug-likeness (QED) is 0.207. The van der Waals surface area contributed by atoms with Gasteiger partial charge in [-0.2, -0.15) is 0 Å². The van der Waals surface area contributed by atoms with E-state index in [1.165, 1.54) is 0 Å². The van der Waals surface area contributed by atoms with E-state index in [0.29, 0.717) is 0 Å². The van der Waals surface area contributed by atoms with Crippen molar-refractivity contribution in [3.63, 3.8) is 0 Å². The zero-order valence-corrected chi connectivity index (χ0v) is 24.6. The minimum atomic E-state index is 0. The molecule has 32 N–H and O–H groups in total. The molecule has 0 aliphatic carbocycles. The minimum Gasteiger partial charge on any atom is -0.412 e. The molecule has 0 amide bonds. The van der Waals surface area contributed by atoms with Crippen LogP contribution in [0, 0.1) is 0 Å². The first kappa shape index (κ1) is 965. The molecule has 0 aliphatic rings. The van der Waals surface area contributed by atoms with Crippen molar-refractivity contribution in [3.8, 4) is 0 Å². The Hall–Kier alpha value is 5.15. The summed E-state index contributed by atoms with van der Waals surface area (Å²) in [5.74, 6) is 0. The van der Waals surface area contributed by atoms with Gasteiger partial charge < -0.3 is 87.6 Å². The van der Waals surface area contributed by atoms with E-state index in [1.54, 1.807) is 0 Å². The van der Waals surface area contributed by atoms with E-state index in [0.717, 1.165) is 0 Å². The maximum absolute atomic E-state index is 0. The van der Waals surface area contributed by atoms with Gasteiger partial charge in [-0.1, -0.05) is 0 Å². The summed E-state index contributed by atoms with van der Waals surface area (Å²) < 4.78 is 0. The van der Waals surface area contributed by atoms with Crippen LogP contribution in [0.3, 0.4) is 0 Å². The van der Waals surface area contributed by atoms with E-state index < -0.39 is 0 Å². The third-order valence-electron chi connectivity index (χ3n) is 0. The summed E-state index contributed by atoms with van der Waals surface area (Å²) in [5.41, 5.74) is 0. The van der Waals surface area contributed by atoms with E-state index in [9.17, 15) is 0 Å². The molecule has 0 saturated heterocycles. The molecule has 25 heavy (non-hydrogen) atoms. The zero-order chi connectivity index (χ0) is 0. The third-order valence-corrected chi connectivity index (χ3v) is 0. The fourth-order valence-electron chi connectivity index (χ4n) is 0. The van der Waals surface area contributed by atoms with Gasteiger partial charge in [0, 0.05) is 188 Å². The Labute approximate surface area is 271 Å². The molecule has 0 aromatic carbocycles. The largest absolute Gasteiger partial charge is 0.412 e. The topological polar surface area (TPSA) is 504 Å². The molecular weight excluding hydrogens is 735 g/mol. The zero-order valence-electron chi connectivity index (χ0n) is 12.0. The molecule has 0 aromatic rings. The molecule has 16 nitrogen and oxygen atoms in total. The van der Waals surface area contributed by atoms with E-state index in [-0.39, 0.29) is 276 Å². The van der Waals surface area contributed by atoms with E-state index in [2.05, 4.69) is 0 Å². The predicted molar refractivity (Wildman–Crippen MR) is 63.6 cm³/mol. The Balaban J connectivity index is 0. The Morgan fingerprint density at radius 3 is 0.120 bits per heavy atom. The summed E-state index contributed by atoms with van der Waals surface area (Å²) in [5, 5.41) is 0. The molecule has 0 fully saturated rings. The van der Waals surface area contributed by atoms with Crippen molar-refractivity contribution < 1.29 is 224 Å². The SMILES string of the molecule is O.O.O.O.O.O.O.O.O.O.O.O.O.O.O.O.[K].[Mn].[Mn].[Mn].[Mn].[Mn].[Mn].[Mn].[Mn]. The first-order chi connectivity index (χ1) is 0. The first-order valence-electron chi connectivity index (χ1n) is 0. The van der Waals surface area contributed by atoms with Gasteiger partial charge in [0.15, 0.2) is 0 Å². The van der Waals surface area contributed by atoms with Crippen molar-refractivity contribution in [1.82, 2.24) is 0 Å². The van der Waals surface area contributed by atoms with Crippen LogP contribution in [0.25, 0.3) is 0 Å². The molecule has 0 heterocycles. The van der Waals surface area contributed by atoms with Gasteiger partial charge in [0.05, 0.1) is 0 Å². The summed E-state index contributed by atoms with van der Waals surface area (Å²) in [4.78, 5) is 0. The Kier molecular flexibility index (Phi) is 33600. The molecule has 0 saturated carbocycles. The van der Waals surface area contributed by atoms with Crippen LogP contribution in [-0.4, -0.2) is 139 Å². The van der Waals surface area contributed by atoms with Crippen molar-refractivity contribution in [2.24, 2.45) is 0 Å².